The normalized spacial score (nSPS) is 17.4. The Morgan fingerprint density at radius 3 is 2.64 bits per heavy atom. The van der Waals surface area contributed by atoms with Gasteiger partial charge in [-0.05, 0) is 30.7 Å². The molecule has 1 aromatic heterocycles. The SMILES string of the molecule is O=C(NCCc1ccccn1)N1CCC(S(=O)(=O)c2ccccc2)C1. The summed E-state index contributed by atoms with van der Waals surface area (Å²) >= 11 is 0. The zero-order chi connectivity index (χ0) is 17.7. The van der Waals surface area contributed by atoms with Crippen LogP contribution in [-0.2, 0) is 16.3 Å². The summed E-state index contributed by atoms with van der Waals surface area (Å²) in [4.78, 5) is 18.3. The van der Waals surface area contributed by atoms with E-state index in [9.17, 15) is 13.2 Å². The standard InChI is InChI=1S/C18H21N3O3S/c22-18(20-12-9-15-6-4-5-11-19-15)21-13-10-17(14-21)25(23,24)16-7-2-1-3-8-16/h1-8,11,17H,9-10,12-14H2,(H,20,22). The first-order chi connectivity index (χ1) is 12.1. The molecule has 0 saturated carbocycles. The van der Waals surface area contributed by atoms with Gasteiger partial charge in [0.15, 0.2) is 9.84 Å². The monoisotopic (exact) mass is 359 g/mol. The van der Waals surface area contributed by atoms with E-state index in [-0.39, 0.29) is 12.6 Å². The summed E-state index contributed by atoms with van der Waals surface area (Å²) in [6, 6.07) is 13.9. The maximum absolute atomic E-state index is 12.6. The minimum atomic E-state index is -3.40. The van der Waals surface area contributed by atoms with Gasteiger partial charge < -0.3 is 10.2 Å². The molecular formula is C18H21N3O3S. The van der Waals surface area contributed by atoms with Crippen molar-refractivity contribution >= 4 is 15.9 Å². The van der Waals surface area contributed by atoms with Gasteiger partial charge in [0.2, 0.25) is 0 Å². The number of hydrogen-bond acceptors (Lipinski definition) is 4. The first-order valence-electron chi connectivity index (χ1n) is 8.29. The summed E-state index contributed by atoms with van der Waals surface area (Å²) in [6.45, 7) is 1.15. The molecule has 0 spiro atoms. The molecule has 7 heteroatoms. The Morgan fingerprint density at radius 1 is 1.16 bits per heavy atom. The van der Waals surface area contributed by atoms with Gasteiger partial charge in [-0.25, -0.2) is 13.2 Å². The smallest absolute Gasteiger partial charge is 0.317 e. The average Bonchev–Trinajstić information content (AvgIpc) is 3.14. The van der Waals surface area contributed by atoms with Gasteiger partial charge in [0, 0.05) is 37.9 Å². The number of sulfone groups is 1. The van der Waals surface area contributed by atoms with E-state index in [4.69, 9.17) is 0 Å². The summed E-state index contributed by atoms with van der Waals surface area (Å²) in [5, 5.41) is 2.29. The number of aromatic nitrogens is 1. The van der Waals surface area contributed by atoms with Gasteiger partial charge in [-0.3, -0.25) is 4.98 Å². The van der Waals surface area contributed by atoms with E-state index in [0.717, 1.165) is 5.69 Å². The molecule has 1 aromatic carbocycles. The zero-order valence-electron chi connectivity index (χ0n) is 13.8. The van der Waals surface area contributed by atoms with Gasteiger partial charge in [-0.2, -0.15) is 0 Å². The van der Waals surface area contributed by atoms with Gasteiger partial charge in [0.1, 0.15) is 0 Å². The lowest BCUT2D eigenvalue weighted by molar-refractivity contribution is 0.209. The third-order valence-electron chi connectivity index (χ3n) is 4.33. The minimum Gasteiger partial charge on any atom is -0.338 e. The Morgan fingerprint density at radius 2 is 1.92 bits per heavy atom. The van der Waals surface area contributed by atoms with E-state index >= 15 is 0 Å². The zero-order valence-corrected chi connectivity index (χ0v) is 14.7. The molecule has 2 aromatic rings. The highest BCUT2D eigenvalue weighted by molar-refractivity contribution is 7.92. The van der Waals surface area contributed by atoms with Gasteiger partial charge in [0.25, 0.3) is 0 Å². The summed E-state index contributed by atoms with van der Waals surface area (Å²) < 4.78 is 25.3. The molecule has 25 heavy (non-hydrogen) atoms. The molecular weight excluding hydrogens is 338 g/mol. The summed E-state index contributed by atoms with van der Waals surface area (Å²) in [5.74, 6) is 0. The summed E-state index contributed by atoms with van der Waals surface area (Å²) in [7, 11) is -3.40. The van der Waals surface area contributed by atoms with Crippen molar-refractivity contribution in [2.45, 2.75) is 23.0 Å². The molecule has 2 heterocycles. The third-order valence-corrected chi connectivity index (χ3v) is 6.52. The van der Waals surface area contributed by atoms with Gasteiger partial charge in [-0.1, -0.05) is 24.3 Å². The van der Waals surface area contributed by atoms with E-state index < -0.39 is 15.1 Å². The first-order valence-corrected chi connectivity index (χ1v) is 9.83. The molecule has 6 nitrogen and oxygen atoms in total. The van der Waals surface area contributed by atoms with E-state index in [1.54, 1.807) is 41.4 Å². The highest BCUT2D eigenvalue weighted by Gasteiger charge is 2.35. The molecule has 1 N–H and O–H groups in total. The number of benzene rings is 1. The number of rotatable bonds is 5. The summed E-state index contributed by atoms with van der Waals surface area (Å²) in [6.07, 6.45) is 2.83. The number of likely N-dealkylation sites (tertiary alicyclic amines) is 1. The second-order valence-electron chi connectivity index (χ2n) is 6.02. The molecule has 132 valence electrons. The van der Waals surface area contributed by atoms with E-state index in [2.05, 4.69) is 10.3 Å². The van der Waals surface area contributed by atoms with Crippen LogP contribution in [0.2, 0.25) is 0 Å². The molecule has 1 saturated heterocycles. The Bertz CT molecular complexity index is 810. The van der Waals surface area contributed by atoms with Crippen LogP contribution in [0.4, 0.5) is 4.79 Å². The van der Waals surface area contributed by atoms with E-state index in [0.29, 0.717) is 30.8 Å². The Labute approximate surface area is 147 Å². The topological polar surface area (TPSA) is 79.4 Å². The Balaban J connectivity index is 1.53. The van der Waals surface area contributed by atoms with Crippen LogP contribution in [0.15, 0.2) is 59.6 Å². The van der Waals surface area contributed by atoms with Crippen molar-refractivity contribution < 1.29 is 13.2 Å². The Kier molecular flexibility index (Phi) is 5.33. The number of carbonyl (C=O) groups excluding carboxylic acids is 1. The number of nitrogens with zero attached hydrogens (tertiary/aromatic N) is 2. The van der Waals surface area contributed by atoms with Crippen molar-refractivity contribution in [1.82, 2.24) is 15.2 Å². The lowest BCUT2D eigenvalue weighted by atomic mass is 10.3. The molecule has 1 aliphatic rings. The fraction of sp³-hybridized carbons (Fsp3) is 0.333. The van der Waals surface area contributed by atoms with Crippen LogP contribution in [0.25, 0.3) is 0 Å². The molecule has 2 amide bonds. The molecule has 0 radical (unpaired) electrons. The quantitative estimate of drug-likeness (QED) is 0.884. The predicted molar refractivity (Wildman–Crippen MR) is 94.9 cm³/mol. The number of carbonyl (C=O) groups is 1. The summed E-state index contributed by atoms with van der Waals surface area (Å²) in [5.41, 5.74) is 0.911. The van der Waals surface area contributed by atoms with Crippen LogP contribution in [0.1, 0.15) is 12.1 Å². The van der Waals surface area contributed by atoms with E-state index in [1.807, 2.05) is 18.2 Å². The minimum absolute atomic E-state index is 0.221. The second kappa shape index (κ2) is 7.65. The Hall–Kier alpha value is -2.41. The van der Waals surface area contributed by atoms with Crippen LogP contribution in [0.5, 0.6) is 0 Å². The molecule has 3 rings (SSSR count). The first kappa shape index (κ1) is 17.4. The van der Waals surface area contributed by atoms with Crippen molar-refractivity contribution in [3.63, 3.8) is 0 Å². The van der Waals surface area contributed by atoms with Crippen LogP contribution in [0.3, 0.4) is 0 Å². The van der Waals surface area contributed by atoms with Gasteiger partial charge in [0.05, 0.1) is 10.1 Å². The van der Waals surface area contributed by atoms with Crippen molar-refractivity contribution in [3.8, 4) is 0 Å². The van der Waals surface area contributed by atoms with Crippen molar-refractivity contribution in [2.24, 2.45) is 0 Å². The molecule has 1 fully saturated rings. The number of pyridine rings is 1. The van der Waals surface area contributed by atoms with Gasteiger partial charge in [-0.15, -0.1) is 0 Å². The average molecular weight is 359 g/mol. The second-order valence-corrected chi connectivity index (χ2v) is 8.25. The predicted octanol–water partition coefficient (Wildman–Crippen LogP) is 1.88. The van der Waals surface area contributed by atoms with Crippen LogP contribution in [0, 0.1) is 0 Å². The maximum Gasteiger partial charge on any atom is 0.317 e. The third kappa shape index (κ3) is 4.17. The number of urea groups is 1. The fourth-order valence-corrected chi connectivity index (χ4v) is 4.64. The van der Waals surface area contributed by atoms with Crippen molar-refractivity contribution in [3.05, 3.63) is 60.4 Å². The maximum atomic E-state index is 12.6. The van der Waals surface area contributed by atoms with Crippen LogP contribution >= 0.6 is 0 Å². The molecule has 0 bridgehead atoms. The molecule has 0 aliphatic carbocycles. The van der Waals surface area contributed by atoms with Crippen LogP contribution < -0.4 is 5.32 Å². The number of amides is 2. The highest BCUT2D eigenvalue weighted by atomic mass is 32.2. The largest absolute Gasteiger partial charge is 0.338 e. The number of hydrogen-bond donors (Lipinski definition) is 1. The number of nitrogens with one attached hydrogen (secondary N) is 1. The lowest BCUT2D eigenvalue weighted by Crippen LogP contribution is -2.40. The van der Waals surface area contributed by atoms with Crippen molar-refractivity contribution in [2.75, 3.05) is 19.6 Å². The van der Waals surface area contributed by atoms with Crippen LogP contribution in [-0.4, -0.2) is 49.2 Å². The lowest BCUT2D eigenvalue weighted by Gasteiger charge is -2.17. The fourth-order valence-electron chi connectivity index (χ4n) is 2.92. The molecule has 1 unspecified atom stereocenters. The highest BCUT2D eigenvalue weighted by Crippen LogP contribution is 2.23. The molecule has 1 atom stereocenters. The molecule has 1 aliphatic heterocycles. The van der Waals surface area contributed by atoms with E-state index in [1.165, 1.54) is 0 Å². The van der Waals surface area contributed by atoms with Crippen molar-refractivity contribution in [1.29, 1.82) is 0 Å². The van der Waals surface area contributed by atoms with Gasteiger partial charge >= 0.3 is 6.03 Å².